The molecule has 1 unspecified atom stereocenters. The van der Waals surface area contributed by atoms with Crippen LogP contribution in [0.1, 0.15) is 5.82 Å². The maximum absolute atomic E-state index is 11.9. The van der Waals surface area contributed by atoms with Crippen molar-refractivity contribution in [2.45, 2.75) is 12.6 Å². The zero-order valence-electron chi connectivity index (χ0n) is 10.9. The molecule has 0 amide bonds. The fourth-order valence-electron chi connectivity index (χ4n) is 2.27. The first kappa shape index (κ1) is 15.4. The van der Waals surface area contributed by atoms with Gasteiger partial charge in [-0.05, 0) is 11.4 Å². The van der Waals surface area contributed by atoms with Gasteiger partial charge < -0.3 is 15.5 Å². The first-order valence-electron chi connectivity index (χ1n) is 6.26. The van der Waals surface area contributed by atoms with Crippen molar-refractivity contribution in [3.63, 3.8) is 0 Å². The minimum absolute atomic E-state index is 0. The monoisotopic (exact) mass is 316 g/mol. The Bertz CT molecular complexity index is 629. The van der Waals surface area contributed by atoms with Gasteiger partial charge in [-0.1, -0.05) is 0 Å². The Morgan fingerprint density at radius 1 is 1.60 bits per heavy atom. The quantitative estimate of drug-likeness (QED) is 0.864. The van der Waals surface area contributed by atoms with E-state index in [1.807, 2.05) is 11.4 Å². The lowest BCUT2D eigenvalue weighted by molar-refractivity contribution is -0.0268. The van der Waals surface area contributed by atoms with Gasteiger partial charge in [0.2, 0.25) is 0 Å². The summed E-state index contributed by atoms with van der Waals surface area (Å²) in [5.41, 5.74) is 6.33. The highest BCUT2D eigenvalue weighted by atomic mass is 35.5. The second-order valence-corrected chi connectivity index (χ2v) is 5.53. The number of nitrogens with two attached hydrogens (primary N) is 1. The normalized spacial score (nSPS) is 19.9. The summed E-state index contributed by atoms with van der Waals surface area (Å²) in [6, 6.07) is 1.88. The predicted octanol–water partition coefficient (Wildman–Crippen LogP) is 0.566. The van der Waals surface area contributed by atoms with Gasteiger partial charge in [0.15, 0.2) is 0 Å². The number of halogens is 1. The lowest BCUT2D eigenvalue weighted by Gasteiger charge is -2.31. The number of hydrogen-bond acceptors (Lipinski definition) is 6. The van der Waals surface area contributed by atoms with E-state index in [1.165, 1.54) is 11.3 Å². The third-order valence-electron chi connectivity index (χ3n) is 3.22. The van der Waals surface area contributed by atoms with Crippen LogP contribution in [0, 0.1) is 0 Å². The SMILES string of the molecule is Cl.NCC1CN(Cc2nc3ccsc3c(=O)[nH]2)CCO1. The number of nitrogens with zero attached hydrogens (tertiary/aromatic N) is 2. The average Bonchev–Trinajstić information content (AvgIpc) is 2.88. The van der Waals surface area contributed by atoms with Crippen molar-refractivity contribution < 1.29 is 4.74 Å². The Balaban J connectivity index is 0.00000147. The molecule has 2 aromatic heterocycles. The molecule has 6 nitrogen and oxygen atoms in total. The molecule has 0 spiro atoms. The van der Waals surface area contributed by atoms with Gasteiger partial charge in [-0.25, -0.2) is 4.98 Å². The Morgan fingerprint density at radius 3 is 3.25 bits per heavy atom. The number of ether oxygens (including phenoxy) is 1. The molecule has 0 radical (unpaired) electrons. The third kappa shape index (κ3) is 3.18. The van der Waals surface area contributed by atoms with Gasteiger partial charge in [0, 0.05) is 19.6 Å². The van der Waals surface area contributed by atoms with E-state index in [4.69, 9.17) is 10.5 Å². The van der Waals surface area contributed by atoms with E-state index in [-0.39, 0.29) is 24.1 Å². The maximum atomic E-state index is 11.9. The summed E-state index contributed by atoms with van der Waals surface area (Å²) in [6.45, 7) is 3.43. The Morgan fingerprint density at radius 2 is 2.45 bits per heavy atom. The van der Waals surface area contributed by atoms with Gasteiger partial charge in [0.25, 0.3) is 5.56 Å². The minimum atomic E-state index is -0.0568. The number of thiophene rings is 1. The van der Waals surface area contributed by atoms with E-state index in [0.717, 1.165) is 18.6 Å². The topological polar surface area (TPSA) is 84.2 Å². The number of morpholine rings is 1. The molecule has 110 valence electrons. The summed E-state index contributed by atoms with van der Waals surface area (Å²) in [5, 5.41) is 1.88. The fourth-order valence-corrected chi connectivity index (χ4v) is 3.00. The van der Waals surface area contributed by atoms with Gasteiger partial charge >= 0.3 is 0 Å². The average molecular weight is 317 g/mol. The molecule has 3 N–H and O–H groups in total. The molecule has 1 aliphatic heterocycles. The molecule has 0 saturated carbocycles. The van der Waals surface area contributed by atoms with Gasteiger partial charge in [-0.3, -0.25) is 9.69 Å². The summed E-state index contributed by atoms with van der Waals surface area (Å²) < 4.78 is 6.20. The standard InChI is InChI=1S/C12H16N4O2S.ClH/c13-5-8-6-16(2-3-18-8)7-10-14-9-1-4-19-11(9)12(17)15-10;/h1,4,8H,2-3,5-7,13H2,(H,14,15,17);1H. The van der Waals surface area contributed by atoms with Crippen LogP contribution in [0.4, 0.5) is 0 Å². The molecule has 1 aliphatic rings. The molecule has 1 fully saturated rings. The molecule has 2 aromatic rings. The van der Waals surface area contributed by atoms with E-state index in [0.29, 0.717) is 30.2 Å². The van der Waals surface area contributed by atoms with Crippen molar-refractivity contribution in [2.75, 3.05) is 26.2 Å². The summed E-state index contributed by atoms with van der Waals surface area (Å²) >= 11 is 1.42. The van der Waals surface area contributed by atoms with Crippen LogP contribution in [0.25, 0.3) is 10.2 Å². The predicted molar refractivity (Wildman–Crippen MR) is 81.6 cm³/mol. The van der Waals surface area contributed by atoms with Crippen LogP contribution < -0.4 is 11.3 Å². The molecule has 1 atom stereocenters. The van der Waals surface area contributed by atoms with Crippen LogP contribution >= 0.6 is 23.7 Å². The molecular weight excluding hydrogens is 300 g/mol. The van der Waals surface area contributed by atoms with E-state index in [9.17, 15) is 4.79 Å². The number of rotatable bonds is 3. The van der Waals surface area contributed by atoms with Gasteiger partial charge in [0.1, 0.15) is 10.5 Å². The van der Waals surface area contributed by atoms with Crippen LogP contribution in [0.5, 0.6) is 0 Å². The molecule has 0 aromatic carbocycles. The highest BCUT2D eigenvalue weighted by Gasteiger charge is 2.20. The second-order valence-electron chi connectivity index (χ2n) is 4.61. The summed E-state index contributed by atoms with van der Waals surface area (Å²) in [6.07, 6.45) is 0.0744. The molecule has 0 bridgehead atoms. The van der Waals surface area contributed by atoms with Crippen LogP contribution in [0.2, 0.25) is 0 Å². The molecule has 3 heterocycles. The van der Waals surface area contributed by atoms with Gasteiger partial charge in [-0.15, -0.1) is 23.7 Å². The van der Waals surface area contributed by atoms with E-state index < -0.39 is 0 Å². The van der Waals surface area contributed by atoms with E-state index in [1.54, 1.807) is 0 Å². The number of aromatic nitrogens is 2. The lowest BCUT2D eigenvalue weighted by atomic mass is 10.2. The molecule has 3 rings (SSSR count). The number of H-pyrrole nitrogens is 1. The van der Waals surface area contributed by atoms with Crippen molar-refractivity contribution in [1.29, 1.82) is 0 Å². The Labute approximate surface area is 126 Å². The van der Waals surface area contributed by atoms with Crippen molar-refractivity contribution in [2.24, 2.45) is 5.73 Å². The smallest absolute Gasteiger partial charge is 0.268 e. The first-order valence-corrected chi connectivity index (χ1v) is 7.14. The largest absolute Gasteiger partial charge is 0.374 e. The lowest BCUT2D eigenvalue weighted by Crippen LogP contribution is -2.45. The van der Waals surface area contributed by atoms with Crippen molar-refractivity contribution in [1.82, 2.24) is 14.9 Å². The minimum Gasteiger partial charge on any atom is -0.374 e. The molecular formula is C12H17ClN4O2S. The Kier molecular flexibility index (Phi) is 5.11. The summed E-state index contributed by atoms with van der Waals surface area (Å²) in [4.78, 5) is 21.4. The molecule has 0 aliphatic carbocycles. The highest BCUT2D eigenvalue weighted by molar-refractivity contribution is 7.17. The van der Waals surface area contributed by atoms with Crippen LogP contribution in [0.15, 0.2) is 16.2 Å². The van der Waals surface area contributed by atoms with Crippen LogP contribution in [-0.4, -0.2) is 47.2 Å². The van der Waals surface area contributed by atoms with Crippen molar-refractivity contribution in [3.8, 4) is 0 Å². The Hall–Kier alpha value is -0.990. The summed E-state index contributed by atoms with van der Waals surface area (Å²) in [7, 11) is 0. The number of aromatic amines is 1. The maximum Gasteiger partial charge on any atom is 0.268 e. The first-order chi connectivity index (χ1) is 9.26. The molecule has 20 heavy (non-hydrogen) atoms. The second kappa shape index (κ2) is 6.64. The fraction of sp³-hybridized carbons (Fsp3) is 0.500. The zero-order chi connectivity index (χ0) is 13.2. The van der Waals surface area contributed by atoms with E-state index >= 15 is 0 Å². The number of nitrogens with one attached hydrogen (secondary N) is 1. The van der Waals surface area contributed by atoms with Crippen molar-refractivity contribution in [3.05, 3.63) is 27.6 Å². The van der Waals surface area contributed by atoms with Crippen molar-refractivity contribution >= 4 is 34.0 Å². The zero-order valence-corrected chi connectivity index (χ0v) is 12.5. The molecule has 8 heteroatoms. The van der Waals surface area contributed by atoms with Crippen LogP contribution in [0.3, 0.4) is 0 Å². The van der Waals surface area contributed by atoms with Gasteiger partial charge in [0.05, 0.1) is 24.8 Å². The number of hydrogen-bond donors (Lipinski definition) is 2. The highest BCUT2D eigenvalue weighted by Crippen LogP contribution is 2.14. The number of fused-ring (bicyclic) bond motifs is 1. The van der Waals surface area contributed by atoms with Crippen LogP contribution in [-0.2, 0) is 11.3 Å². The van der Waals surface area contributed by atoms with E-state index in [2.05, 4.69) is 14.9 Å². The van der Waals surface area contributed by atoms with Gasteiger partial charge in [-0.2, -0.15) is 0 Å². The summed E-state index contributed by atoms with van der Waals surface area (Å²) in [5.74, 6) is 0.702. The molecule has 1 saturated heterocycles. The third-order valence-corrected chi connectivity index (χ3v) is 4.13.